The Morgan fingerprint density at radius 2 is 1.45 bits per heavy atom. The van der Waals surface area contributed by atoms with Crippen LogP contribution in [-0.4, -0.2) is 19.6 Å². The highest BCUT2D eigenvalue weighted by Gasteiger charge is 2.28. The second kappa shape index (κ2) is 8.28. The van der Waals surface area contributed by atoms with Crippen LogP contribution in [0.5, 0.6) is 0 Å². The number of nitrogens with one attached hydrogen (secondary N) is 3. The molecule has 3 N–H and O–H groups in total. The topological polar surface area (TPSA) is 87.3 Å². The van der Waals surface area contributed by atoms with Gasteiger partial charge in [-0.3, -0.25) is 9.52 Å². The molecule has 0 aromatic heterocycles. The van der Waals surface area contributed by atoms with E-state index < -0.39 is 15.3 Å². The van der Waals surface area contributed by atoms with Crippen LogP contribution >= 0.6 is 0 Å². The van der Waals surface area contributed by atoms with Crippen molar-refractivity contribution < 1.29 is 13.2 Å². The number of anilines is 3. The predicted molar refractivity (Wildman–Crippen MR) is 126 cm³/mol. The van der Waals surface area contributed by atoms with Crippen LogP contribution in [-0.2, 0) is 14.8 Å². The molecule has 1 heterocycles. The summed E-state index contributed by atoms with van der Waals surface area (Å²) in [7, 11) is -3.42. The van der Waals surface area contributed by atoms with Gasteiger partial charge in [0, 0.05) is 22.6 Å². The smallest absolute Gasteiger partial charge is 0.258 e. The summed E-state index contributed by atoms with van der Waals surface area (Å²) in [5.74, 6) is -0.172. The molecular formula is C24H23N3O3S. The van der Waals surface area contributed by atoms with E-state index in [1.807, 2.05) is 54.6 Å². The number of fused-ring (bicyclic) bond motifs is 1. The van der Waals surface area contributed by atoms with Crippen LogP contribution in [0, 0.1) is 0 Å². The van der Waals surface area contributed by atoms with Crippen molar-refractivity contribution >= 4 is 44.3 Å². The summed E-state index contributed by atoms with van der Waals surface area (Å²) in [5, 5.41) is 5.75. The number of amides is 1. The third-order valence-corrected chi connectivity index (χ3v) is 6.78. The third kappa shape index (κ3) is 4.32. The van der Waals surface area contributed by atoms with Crippen LogP contribution in [0.1, 0.15) is 25.0 Å². The van der Waals surface area contributed by atoms with E-state index in [1.54, 1.807) is 38.1 Å². The molecule has 0 saturated carbocycles. The van der Waals surface area contributed by atoms with Gasteiger partial charge in [-0.05, 0) is 49.7 Å². The third-order valence-electron chi connectivity index (χ3n) is 5.02. The van der Waals surface area contributed by atoms with E-state index in [0.717, 1.165) is 22.5 Å². The summed E-state index contributed by atoms with van der Waals surface area (Å²) < 4.78 is 26.8. The maximum atomic E-state index is 12.8. The van der Waals surface area contributed by atoms with Crippen molar-refractivity contribution in [3.8, 4) is 0 Å². The van der Waals surface area contributed by atoms with Crippen molar-refractivity contribution in [1.29, 1.82) is 0 Å². The second-order valence-corrected chi connectivity index (χ2v) is 9.75. The van der Waals surface area contributed by atoms with Crippen LogP contribution < -0.4 is 15.4 Å². The van der Waals surface area contributed by atoms with Gasteiger partial charge in [0.1, 0.15) is 0 Å². The summed E-state index contributed by atoms with van der Waals surface area (Å²) in [6.07, 6.45) is 0. The first kappa shape index (κ1) is 20.7. The van der Waals surface area contributed by atoms with E-state index in [-0.39, 0.29) is 5.91 Å². The lowest BCUT2D eigenvalue weighted by atomic mass is 10.00. The maximum Gasteiger partial charge on any atom is 0.258 e. The van der Waals surface area contributed by atoms with Crippen LogP contribution in [0.4, 0.5) is 17.1 Å². The molecule has 0 bridgehead atoms. The fourth-order valence-electron chi connectivity index (χ4n) is 3.30. The number of hydrogen-bond acceptors (Lipinski definition) is 4. The Hall–Kier alpha value is -3.58. The number of sulfonamides is 1. The van der Waals surface area contributed by atoms with E-state index in [9.17, 15) is 13.2 Å². The molecular weight excluding hydrogens is 410 g/mol. The fraction of sp³-hybridized carbons (Fsp3) is 0.125. The predicted octanol–water partition coefficient (Wildman–Crippen LogP) is 4.77. The lowest BCUT2D eigenvalue weighted by Gasteiger charge is -2.16. The molecule has 0 atom stereocenters. The minimum absolute atomic E-state index is 0.172. The molecule has 1 aliphatic heterocycles. The van der Waals surface area contributed by atoms with Crippen LogP contribution in [0.2, 0.25) is 0 Å². The number of hydrogen-bond donors (Lipinski definition) is 3. The summed E-state index contributed by atoms with van der Waals surface area (Å²) in [4.78, 5) is 12.8. The van der Waals surface area contributed by atoms with Crippen molar-refractivity contribution in [1.82, 2.24) is 0 Å². The minimum Gasteiger partial charge on any atom is -0.354 e. The average Bonchev–Trinajstić information content (AvgIpc) is 3.09. The first-order valence-corrected chi connectivity index (χ1v) is 11.5. The summed E-state index contributed by atoms with van der Waals surface area (Å²) in [5.41, 5.74) is 4.93. The van der Waals surface area contributed by atoms with Crippen molar-refractivity contribution in [3.63, 3.8) is 0 Å². The maximum absolute atomic E-state index is 12.8. The normalized spacial score (nSPS) is 14.7. The largest absolute Gasteiger partial charge is 0.354 e. The summed E-state index contributed by atoms with van der Waals surface area (Å²) >= 11 is 0. The van der Waals surface area contributed by atoms with E-state index in [4.69, 9.17) is 0 Å². The minimum atomic E-state index is -3.42. The molecule has 0 radical (unpaired) electrons. The second-order valence-electron chi connectivity index (χ2n) is 7.51. The van der Waals surface area contributed by atoms with Crippen molar-refractivity contribution in [2.75, 3.05) is 15.4 Å². The van der Waals surface area contributed by atoms with Crippen molar-refractivity contribution in [2.24, 2.45) is 0 Å². The molecule has 1 aliphatic rings. The molecule has 6 nitrogen and oxygen atoms in total. The zero-order valence-electron chi connectivity index (χ0n) is 17.2. The summed E-state index contributed by atoms with van der Waals surface area (Å²) in [6.45, 7) is 3.25. The molecule has 0 aliphatic carbocycles. The van der Waals surface area contributed by atoms with Gasteiger partial charge in [-0.1, -0.05) is 48.5 Å². The van der Waals surface area contributed by atoms with Gasteiger partial charge >= 0.3 is 0 Å². The molecule has 3 aromatic rings. The van der Waals surface area contributed by atoms with Gasteiger partial charge in [-0.15, -0.1) is 0 Å². The molecule has 0 saturated heterocycles. The Morgan fingerprint density at radius 1 is 0.839 bits per heavy atom. The van der Waals surface area contributed by atoms with Gasteiger partial charge in [-0.2, -0.15) is 0 Å². The first-order valence-electron chi connectivity index (χ1n) is 9.94. The van der Waals surface area contributed by atoms with E-state index in [1.165, 1.54) is 0 Å². The molecule has 158 valence electrons. The van der Waals surface area contributed by atoms with Crippen molar-refractivity contribution in [2.45, 2.75) is 19.1 Å². The van der Waals surface area contributed by atoms with Crippen LogP contribution in [0.25, 0.3) is 11.3 Å². The Balaban J connectivity index is 1.72. The number of rotatable bonds is 6. The van der Waals surface area contributed by atoms with Gasteiger partial charge in [0.2, 0.25) is 10.0 Å². The fourth-order valence-corrected chi connectivity index (χ4v) is 4.00. The quantitative estimate of drug-likeness (QED) is 0.489. The van der Waals surface area contributed by atoms with E-state index in [2.05, 4.69) is 15.4 Å². The molecule has 0 unspecified atom stereocenters. The lowest BCUT2D eigenvalue weighted by molar-refractivity contribution is -0.110. The lowest BCUT2D eigenvalue weighted by Crippen LogP contribution is -2.22. The van der Waals surface area contributed by atoms with Crippen LogP contribution in [0.3, 0.4) is 0 Å². The standard InChI is InChI=1S/C24H23N3O3S/c1-16(2)31(29,30)27-19-14-12-18(13-15-19)25-23(17-8-4-3-5-9-17)22-20-10-6-7-11-21(20)26-24(22)28/h3-16,25,27H,1-2H3,(H,26,28). The monoisotopic (exact) mass is 433 g/mol. The molecule has 4 rings (SSSR count). The van der Waals surface area contributed by atoms with Crippen molar-refractivity contribution in [3.05, 3.63) is 90.0 Å². The Labute approximate surface area is 182 Å². The number of benzene rings is 3. The first-order chi connectivity index (χ1) is 14.8. The molecule has 7 heteroatoms. The molecule has 1 amide bonds. The molecule has 0 fully saturated rings. The Morgan fingerprint density at radius 3 is 2.13 bits per heavy atom. The highest BCUT2D eigenvalue weighted by atomic mass is 32.2. The number of para-hydroxylation sites is 1. The molecule has 3 aromatic carbocycles. The molecule has 0 spiro atoms. The summed E-state index contributed by atoms with van der Waals surface area (Å²) in [6, 6.07) is 24.1. The number of carbonyl (C=O) groups is 1. The Kier molecular flexibility index (Phi) is 5.52. The van der Waals surface area contributed by atoms with Gasteiger partial charge in [-0.25, -0.2) is 8.42 Å². The van der Waals surface area contributed by atoms with E-state index >= 15 is 0 Å². The average molecular weight is 434 g/mol. The molecule has 31 heavy (non-hydrogen) atoms. The zero-order chi connectivity index (χ0) is 22.0. The van der Waals surface area contributed by atoms with Gasteiger partial charge in [0.15, 0.2) is 0 Å². The van der Waals surface area contributed by atoms with Gasteiger partial charge < -0.3 is 10.6 Å². The Bertz CT molecular complexity index is 1250. The zero-order valence-corrected chi connectivity index (χ0v) is 18.0. The highest BCUT2D eigenvalue weighted by Crippen LogP contribution is 2.37. The van der Waals surface area contributed by atoms with Gasteiger partial charge in [0.05, 0.1) is 16.5 Å². The van der Waals surface area contributed by atoms with E-state index in [0.29, 0.717) is 17.0 Å². The highest BCUT2D eigenvalue weighted by molar-refractivity contribution is 7.93. The number of carbonyl (C=O) groups excluding carboxylic acids is 1. The van der Waals surface area contributed by atoms with Crippen LogP contribution in [0.15, 0.2) is 78.9 Å². The van der Waals surface area contributed by atoms with Gasteiger partial charge in [0.25, 0.3) is 5.91 Å². The SMILES string of the molecule is CC(C)S(=O)(=O)Nc1ccc(NC(=C2C(=O)Nc3ccccc32)c2ccccc2)cc1.